The van der Waals surface area contributed by atoms with E-state index in [-0.39, 0.29) is 12.9 Å². The molecule has 1 aromatic heterocycles. The van der Waals surface area contributed by atoms with Gasteiger partial charge in [-0.2, -0.15) is 0 Å². The molecule has 5 rings (SSSR count). The lowest BCUT2D eigenvalue weighted by Crippen LogP contribution is -2.49. The molecule has 2 aliphatic rings. The summed E-state index contributed by atoms with van der Waals surface area (Å²) in [4.78, 5) is 3.44. The second-order valence-electron chi connectivity index (χ2n) is 7.03. The van der Waals surface area contributed by atoms with E-state index in [9.17, 15) is 0 Å². The summed E-state index contributed by atoms with van der Waals surface area (Å²) in [6, 6.07) is 19.7. The van der Waals surface area contributed by atoms with E-state index in [1.807, 2.05) is 48.5 Å². The molecular weight excluding hydrogens is 372 g/mol. The van der Waals surface area contributed by atoms with Crippen molar-refractivity contribution in [2.45, 2.75) is 19.3 Å². The quantitative estimate of drug-likeness (QED) is 0.585. The highest BCUT2D eigenvalue weighted by Gasteiger charge is 2.44. The molecule has 0 bridgehead atoms. The smallest absolute Gasteiger partial charge is 0.523 e. The van der Waals surface area contributed by atoms with Crippen molar-refractivity contribution in [2.75, 3.05) is 6.54 Å². The van der Waals surface area contributed by atoms with Gasteiger partial charge in [0, 0.05) is 17.2 Å². The van der Waals surface area contributed by atoms with Crippen molar-refractivity contribution in [3.05, 3.63) is 70.9 Å². The van der Waals surface area contributed by atoms with Gasteiger partial charge in [0.1, 0.15) is 23.0 Å². The summed E-state index contributed by atoms with van der Waals surface area (Å²) in [5.41, 5.74) is 0. The average Bonchev–Trinajstić information content (AvgIpc) is 3.45. The number of hydrogen-bond donors (Lipinski definition) is 0. The van der Waals surface area contributed by atoms with Gasteiger partial charge in [0.05, 0.1) is 0 Å². The molecule has 140 valence electrons. The summed E-state index contributed by atoms with van der Waals surface area (Å²) < 4.78 is 24.1. The number of rotatable bonds is 6. The van der Waals surface area contributed by atoms with E-state index in [0.717, 1.165) is 29.5 Å². The molecule has 0 saturated heterocycles. The Morgan fingerprint density at radius 3 is 1.93 bits per heavy atom. The highest BCUT2D eigenvalue weighted by molar-refractivity contribution is 7.09. The summed E-state index contributed by atoms with van der Waals surface area (Å²) in [5.74, 6) is 3.26. The zero-order valence-electron chi connectivity index (χ0n) is 15.5. The van der Waals surface area contributed by atoms with E-state index in [1.54, 1.807) is 11.3 Å². The molecule has 0 spiro atoms. The van der Waals surface area contributed by atoms with Gasteiger partial charge in [0.2, 0.25) is 0 Å². The van der Waals surface area contributed by atoms with Gasteiger partial charge in [-0.1, -0.05) is 37.3 Å². The van der Waals surface area contributed by atoms with Crippen LogP contribution in [0.5, 0.6) is 23.0 Å². The van der Waals surface area contributed by atoms with Crippen molar-refractivity contribution < 1.29 is 18.6 Å². The van der Waals surface area contributed by atoms with Crippen LogP contribution in [0.25, 0.3) is 0 Å². The maximum atomic E-state index is 6.07. The van der Waals surface area contributed by atoms with E-state index < -0.39 is 7.25 Å². The van der Waals surface area contributed by atoms with Gasteiger partial charge in [-0.25, -0.2) is 0 Å². The Balaban J connectivity index is 1.31. The van der Waals surface area contributed by atoms with Gasteiger partial charge in [-0.15, -0.1) is 11.3 Å². The largest absolute Gasteiger partial charge is 0.701 e. The Kier molecular flexibility index (Phi) is 4.66. The SMILES string of the molecule is CC(CN(Cc1cccs1)B1Oc2ccccc2O1)B1Oc2ccccc2O1. The minimum Gasteiger partial charge on any atom is -0.523 e. The number of thiophene rings is 1. The topological polar surface area (TPSA) is 40.2 Å². The van der Waals surface area contributed by atoms with Gasteiger partial charge in [0.25, 0.3) is 0 Å². The van der Waals surface area contributed by atoms with Crippen LogP contribution < -0.4 is 18.6 Å². The lowest BCUT2D eigenvalue weighted by atomic mass is 9.72. The number of nitrogens with zero attached hydrogens (tertiary/aromatic N) is 1. The molecular formula is C20H19B2NO4S. The summed E-state index contributed by atoms with van der Waals surface area (Å²) in [7, 11) is -0.794. The van der Waals surface area contributed by atoms with Crippen LogP contribution in [0.4, 0.5) is 0 Å². The van der Waals surface area contributed by atoms with Crippen molar-refractivity contribution in [3.8, 4) is 23.0 Å². The van der Waals surface area contributed by atoms with Gasteiger partial charge in [-0.3, -0.25) is 4.81 Å². The molecule has 0 amide bonds. The van der Waals surface area contributed by atoms with Crippen LogP contribution in [-0.4, -0.2) is 25.7 Å². The molecule has 2 aromatic carbocycles. The molecule has 28 heavy (non-hydrogen) atoms. The second kappa shape index (κ2) is 7.45. The Bertz CT molecular complexity index is 905. The van der Waals surface area contributed by atoms with Gasteiger partial charge < -0.3 is 18.6 Å². The van der Waals surface area contributed by atoms with E-state index in [0.29, 0.717) is 6.54 Å². The van der Waals surface area contributed by atoms with Crippen LogP contribution in [0.3, 0.4) is 0 Å². The van der Waals surface area contributed by atoms with Crippen LogP contribution in [0.1, 0.15) is 11.8 Å². The highest BCUT2D eigenvalue weighted by atomic mass is 32.1. The van der Waals surface area contributed by atoms with Gasteiger partial charge in [0.15, 0.2) is 0 Å². The Morgan fingerprint density at radius 1 is 0.821 bits per heavy atom. The molecule has 3 aromatic rings. The molecule has 0 fully saturated rings. The fourth-order valence-electron chi connectivity index (χ4n) is 3.47. The molecule has 0 radical (unpaired) electrons. The van der Waals surface area contributed by atoms with Crippen molar-refractivity contribution in [1.82, 2.24) is 4.81 Å². The standard InChI is InChI=1S/C20H19B2NO4S/c1-15(21-24-17-8-2-3-9-18(17)25-21)13-23(14-16-7-6-12-28-16)22-26-19-10-4-5-11-20(19)27-22/h2-12,15H,13-14H2,1H3. The number of para-hydroxylation sites is 4. The first-order valence-corrected chi connectivity index (χ1v) is 10.3. The van der Waals surface area contributed by atoms with Gasteiger partial charge in [-0.05, 0) is 42.3 Å². The van der Waals surface area contributed by atoms with Crippen LogP contribution in [-0.2, 0) is 6.54 Å². The molecule has 0 aliphatic carbocycles. The predicted octanol–water partition coefficient (Wildman–Crippen LogP) is 4.36. The lowest BCUT2D eigenvalue weighted by Gasteiger charge is -2.25. The van der Waals surface area contributed by atoms with Crippen molar-refractivity contribution in [2.24, 2.45) is 0 Å². The Labute approximate surface area is 169 Å². The molecule has 1 unspecified atom stereocenters. The third-order valence-corrected chi connectivity index (χ3v) is 5.73. The molecule has 5 nitrogen and oxygen atoms in total. The molecule has 8 heteroatoms. The number of benzene rings is 2. The van der Waals surface area contributed by atoms with E-state index in [2.05, 4.69) is 29.2 Å². The molecule has 3 heterocycles. The maximum absolute atomic E-state index is 6.07. The van der Waals surface area contributed by atoms with Crippen LogP contribution in [0, 0.1) is 0 Å². The maximum Gasteiger partial charge on any atom is 0.701 e. The summed E-state index contributed by atoms with van der Waals surface area (Å²) in [6.45, 7) is 3.57. The van der Waals surface area contributed by atoms with E-state index in [4.69, 9.17) is 18.6 Å². The monoisotopic (exact) mass is 391 g/mol. The normalized spacial score (nSPS) is 15.4. The van der Waals surface area contributed by atoms with E-state index in [1.165, 1.54) is 4.88 Å². The summed E-state index contributed by atoms with van der Waals surface area (Å²) in [5, 5.41) is 2.09. The fraction of sp³-hybridized carbons (Fsp3) is 0.200. The zero-order valence-corrected chi connectivity index (χ0v) is 16.3. The fourth-order valence-corrected chi connectivity index (χ4v) is 4.20. The first kappa shape index (κ1) is 17.5. The number of hydrogen-bond acceptors (Lipinski definition) is 6. The molecule has 2 aliphatic heterocycles. The van der Waals surface area contributed by atoms with Crippen molar-refractivity contribution >= 4 is 25.7 Å². The third-order valence-electron chi connectivity index (χ3n) is 4.86. The zero-order chi connectivity index (χ0) is 18.9. The van der Waals surface area contributed by atoms with Crippen molar-refractivity contribution in [1.29, 1.82) is 0 Å². The second-order valence-corrected chi connectivity index (χ2v) is 8.06. The number of fused-ring (bicyclic) bond motifs is 2. The lowest BCUT2D eigenvalue weighted by molar-refractivity contribution is 0.304. The van der Waals surface area contributed by atoms with Crippen LogP contribution >= 0.6 is 11.3 Å². The van der Waals surface area contributed by atoms with Crippen molar-refractivity contribution in [3.63, 3.8) is 0 Å². The minimum atomic E-state index is -0.467. The van der Waals surface area contributed by atoms with Crippen LogP contribution in [0.15, 0.2) is 66.0 Å². The summed E-state index contributed by atoms with van der Waals surface area (Å²) >= 11 is 1.73. The predicted molar refractivity (Wildman–Crippen MR) is 111 cm³/mol. The van der Waals surface area contributed by atoms with E-state index >= 15 is 0 Å². The minimum absolute atomic E-state index is 0.114. The van der Waals surface area contributed by atoms with Crippen LogP contribution in [0.2, 0.25) is 5.82 Å². The van der Waals surface area contributed by atoms with Gasteiger partial charge >= 0.3 is 14.4 Å². The molecule has 1 atom stereocenters. The Hall–Kier alpha value is -2.57. The first-order chi connectivity index (χ1) is 13.8. The Morgan fingerprint density at radius 2 is 1.39 bits per heavy atom. The summed E-state index contributed by atoms with van der Waals surface area (Å²) in [6.07, 6.45) is 0. The highest BCUT2D eigenvalue weighted by Crippen LogP contribution is 2.37. The molecule has 0 saturated carbocycles. The average molecular weight is 391 g/mol. The first-order valence-electron chi connectivity index (χ1n) is 9.37. The molecule has 0 N–H and O–H groups in total. The third kappa shape index (κ3) is 3.45.